The monoisotopic (exact) mass is 211 g/mol. The van der Waals surface area contributed by atoms with Crippen LogP contribution in [0.2, 0.25) is 0 Å². The molecule has 2 saturated carbocycles. The van der Waals surface area contributed by atoms with Gasteiger partial charge in [0, 0.05) is 5.92 Å². The number of hydrogen-bond acceptors (Lipinski definition) is 2. The number of amides is 1. The maximum atomic E-state index is 11.9. The summed E-state index contributed by atoms with van der Waals surface area (Å²) >= 11 is 0. The lowest BCUT2D eigenvalue weighted by Crippen LogP contribution is -2.57. The van der Waals surface area contributed by atoms with Crippen molar-refractivity contribution in [1.82, 2.24) is 5.32 Å². The zero-order valence-corrected chi connectivity index (χ0v) is 9.30. The lowest BCUT2D eigenvalue weighted by molar-refractivity contribution is -0.130. The van der Waals surface area contributed by atoms with Crippen LogP contribution in [0, 0.1) is 5.92 Å². The van der Waals surface area contributed by atoms with Gasteiger partial charge in [0.25, 0.3) is 0 Å². The maximum absolute atomic E-state index is 11.9. The van der Waals surface area contributed by atoms with Crippen molar-refractivity contribution in [1.29, 1.82) is 0 Å². The smallest absolute Gasteiger partial charge is 0.223 e. The highest BCUT2D eigenvalue weighted by Gasteiger charge is 2.39. The van der Waals surface area contributed by atoms with E-state index in [1.54, 1.807) is 0 Å². The predicted octanol–water partition coefficient (Wildman–Crippen LogP) is 1.60. The molecule has 0 bridgehead atoms. The molecule has 15 heavy (non-hydrogen) atoms. The molecule has 0 aromatic rings. The number of carbonyl (C=O) groups is 1. The van der Waals surface area contributed by atoms with Crippen LogP contribution in [0.15, 0.2) is 0 Å². The molecule has 86 valence electrons. The minimum atomic E-state index is -0.255. The zero-order valence-electron chi connectivity index (χ0n) is 9.30. The fourth-order valence-corrected chi connectivity index (χ4v) is 2.65. The van der Waals surface area contributed by atoms with Gasteiger partial charge in [-0.25, -0.2) is 0 Å². The molecule has 0 atom stereocenters. The van der Waals surface area contributed by atoms with Crippen molar-refractivity contribution in [3.05, 3.63) is 0 Å². The van der Waals surface area contributed by atoms with Crippen LogP contribution < -0.4 is 5.32 Å². The second-order valence-corrected chi connectivity index (χ2v) is 5.12. The fourth-order valence-electron chi connectivity index (χ4n) is 2.65. The fraction of sp³-hybridized carbons (Fsp3) is 0.917. The van der Waals surface area contributed by atoms with Crippen molar-refractivity contribution in [2.75, 3.05) is 6.61 Å². The van der Waals surface area contributed by atoms with Gasteiger partial charge in [-0.05, 0) is 32.1 Å². The molecule has 2 aliphatic rings. The Morgan fingerprint density at radius 1 is 1.20 bits per heavy atom. The van der Waals surface area contributed by atoms with Crippen molar-refractivity contribution in [2.24, 2.45) is 5.92 Å². The summed E-state index contributed by atoms with van der Waals surface area (Å²) in [6.07, 6.45) is 8.74. The average molecular weight is 211 g/mol. The van der Waals surface area contributed by atoms with E-state index in [4.69, 9.17) is 0 Å². The van der Waals surface area contributed by atoms with Crippen molar-refractivity contribution < 1.29 is 9.90 Å². The molecule has 0 aromatic carbocycles. The summed E-state index contributed by atoms with van der Waals surface area (Å²) in [6.45, 7) is 0.103. The molecule has 2 fully saturated rings. The van der Waals surface area contributed by atoms with Gasteiger partial charge in [0.1, 0.15) is 0 Å². The molecule has 1 amide bonds. The van der Waals surface area contributed by atoms with Gasteiger partial charge in [0.2, 0.25) is 5.91 Å². The normalized spacial score (nSPS) is 25.7. The summed E-state index contributed by atoms with van der Waals surface area (Å²) in [6, 6.07) is 0. The number of nitrogens with one attached hydrogen (secondary N) is 1. The quantitative estimate of drug-likeness (QED) is 0.745. The Labute approximate surface area is 91.2 Å². The van der Waals surface area contributed by atoms with Crippen LogP contribution in [0.5, 0.6) is 0 Å². The first-order valence-corrected chi connectivity index (χ1v) is 6.19. The van der Waals surface area contributed by atoms with Gasteiger partial charge < -0.3 is 10.4 Å². The molecule has 0 unspecified atom stereocenters. The Kier molecular flexibility index (Phi) is 3.29. The molecule has 3 heteroatoms. The van der Waals surface area contributed by atoms with E-state index < -0.39 is 0 Å². The molecule has 0 heterocycles. The third-order valence-corrected chi connectivity index (χ3v) is 3.98. The summed E-state index contributed by atoms with van der Waals surface area (Å²) in [5, 5.41) is 12.3. The van der Waals surface area contributed by atoms with E-state index in [0.717, 1.165) is 32.1 Å². The second kappa shape index (κ2) is 4.52. The SMILES string of the molecule is O=C(NC1(CO)CCC1)C1CCCCC1. The summed E-state index contributed by atoms with van der Waals surface area (Å²) in [7, 11) is 0. The third kappa shape index (κ3) is 2.33. The van der Waals surface area contributed by atoms with E-state index in [1.165, 1.54) is 19.3 Å². The van der Waals surface area contributed by atoms with Crippen molar-refractivity contribution in [3.63, 3.8) is 0 Å². The van der Waals surface area contributed by atoms with Crippen molar-refractivity contribution in [3.8, 4) is 0 Å². The number of rotatable bonds is 3. The van der Waals surface area contributed by atoms with Gasteiger partial charge in [-0.3, -0.25) is 4.79 Å². The van der Waals surface area contributed by atoms with Gasteiger partial charge >= 0.3 is 0 Å². The van der Waals surface area contributed by atoms with Gasteiger partial charge in [0.15, 0.2) is 0 Å². The summed E-state index contributed by atoms with van der Waals surface area (Å²) in [4.78, 5) is 11.9. The third-order valence-electron chi connectivity index (χ3n) is 3.98. The average Bonchev–Trinajstić information content (AvgIpc) is 2.24. The summed E-state index contributed by atoms with van der Waals surface area (Å²) in [5.41, 5.74) is -0.255. The van der Waals surface area contributed by atoms with Crippen LogP contribution in [-0.2, 0) is 4.79 Å². The summed E-state index contributed by atoms with van der Waals surface area (Å²) in [5.74, 6) is 0.395. The largest absolute Gasteiger partial charge is 0.394 e. The van der Waals surface area contributed by atoms with E-state index in [0.29, 0.717) is 0 Å². The molecule has 0 spiro atoms. The highest BCUT2D eigenvalue weighted by molar-refractivity contribution is 5.79. The zero-order chi connectivity index (χ0) is 10.7. The van der Waals surface area contributed by atoms with Crippen LogP contribution >= 0.6 is 0 Å². The lowest BCUT2D eigenvalue weighted by atomic mass is 9.76. The topological polar surface area (TPSA) is 49.3 Å². The van der Waals surface area contributed by atoms with Gasteiger partial charge in [0.05, 0.1) is 12.1 Å². The molecule has 0 radical (unpaired) electrons. The number of aliphatic hydroxyl groups is 1. The van der Waals surface area contributed by atoms with Crippen LogP contribution in [0.1, 0.15) is 51.4 Å². The van der Waals surface area contributed by atoms with Gasteiger partial charge in [-0.15, -0.1) is 0 Å². The second-order valence-electron chi connectivity index (χ2n) is 5.12. The first-order valence-electron chi connectivity index (χ1n) is 6.19. The molecule has 2 rings (SSSR count). The van der Waals surface area contributed by atoms with Gasteiger partial charge in [-0.2, -0.15) is 0 Å². The molecule has 2 N–H and O–H groups in total. The van der Waals surface area contributed by atoms with Crippen molar-refractivity contribution >= 4 is 5.91 Å². The predicted molar refractivity (Wildman–Crippen MR) is 58.4 cm³/mol. The molecule has 0 aliphatic heterocycles. The standard InChI is InChI=1S/C12H21NO2/c14-9-12(7-4-8-12)13-11(15)10-5-2-1-3-6-10/h10,14H,1-9H2,(H,13,15). The van der Waals surface area contributed by atoms with Crippen LogP contribution in [0.3, 0.4) is 0 Å². The Morgan fingerprint density at radius 3 is 2.33 bits per heavy atom. The number of hydrogen-bond donors (Lipinski definition) is 2. The number of carbonyl (C=O) groups excluding carboxylic acids is 1. The Hall–Kier alpha value is -0.570. The minimum Gasteiger partial charge on any atom is -0.394 e. The molecule has 2 aliphatic carbocycles. The van der Waals surface area contributed by atoms with E-state index in [-0.39, 0.29) is 24.0 Å². The van der Waals surface area contributed by atoms with Gasteiger partial charge in [-0.1, -0.05) is 19.3 Å². The van der Waals surface area contributed by atoms with E-state index >= 15 is 0 Å². The van der Waals surface area contributed by atoms with E-state index in [1.807, 2.05) is 0 Å². The Balaban J connectivity index is 1.85. The Morgan fingerprint density at radius 2 is 1.87 bits per heavy atom. The number of aliphatic hydroxyl groups excluding tert-OH is 1. The molecule has 0 saturated heterocycles. The van der Waals surface area contributed by atoms with Crippen LogP contribution in [-0.4, -0.2) is 23.2 Å². The highest BCUT2D eigenvalue weighted by atomic mass is 16.3. The highest BCUT2D eigenvalue weighted by Crippen LogP contribution is 2.32. The molecule has 3 nitrogen and oxygen atoms in total. The van der Waals surface area contributed by atoms with E-state index in [9.17, 15) is 9.90 Å². The molecule has 0 aromatic heterocycles. The van der Waals surface area contributed by atoms with Crippen LogP contribution in [0.4, 0.5) is 0 Å². The molecular formula is C12H21NO2. The first-order chi connectivity index (χ1) is 7.26. The summed E-state index contributed by atoms with van der Waals surface area (Å²) < 4.78 is 0. The lowest BCUT2D eigenvalue weighted by Gasteiger charge is -2.42. The van der Waals surface area contributed by atoms with Crippen molar-refractivity contribution in [2.45, 2.75) is 56.9 Å². The minimum absolute atomic E-state index is 0.103. The van der Waals surface area contributed by atoms with Crippen LogP contribution in [0.25, 0.3) is 0 Å². The maximum Gasteiger partial charge on any atom is 0.223 e. The first kappa shape index (κ1) is 10.9. The Bertz CT molecular complexity index is 224. The van der Waals surface area contributed by atoms with E-state index in [2.05, 4.69) is 5.32 Å². The molecular weight excluding hydrogens is 190 g/mol.